The van der Waals surface area contributed by atoms with Crippen molar-refractivity contribution < 1.29 is 0 Å². The van der Waals surface area contributed by atoms with Gasteiger partial charge in [-0.1, -0.05) is 38.5 Å². The molecule has 79 valence electrons. The van der Waals surface area contributed by atoms with E-state index in [4.69, 9.17) is 0 Å². The Morgan fingerprint density at radius 2 is 0.929 bits per heavy atom. The van der Waals surface area contributed by atoms with Crippen molar-refractivity contribution in [1.82, 2.24) is 0 Å². The second-order valence-corrected chi connectivity index (χ2v) is 6.80. The van der Waals surface area contributed by atoms with Gasteiger partial charge in [0.25, 0.3) is 0 Å². The highest BCUT2D eigenvalue weighted by Crippen LogP contribution is 2.41. The summed E-state index contributed by atoms with van der Waals surface area (Å²) in [5, 5.41) is 0. The molecular formula is C12H23BP. The zero-order valence-electron chi connectivity index (χ0n) is 9.30. The van der Waals surface area contributed by atoms with Crippen LogP contribution in [0.4, 0.5) is 0 Å². The SMILES string of the molecule is C1CCC(PC2CCCCC2)CC1.[B]. The topological polar surface area (TPSA) is 0 Å². The van der Waals surface area contributed by atoms with Gasteiger partial charge in [0.15, 0.2) is 0 Å². The minimum Gasteiger partial charge on any atom is -0.116 e. The summed E-state index contributed by atoms with van der Waals surface area (Å²) in [6, 6.07) is 0. The lowest BCUT2D eigenvalue weighted by molar-refractivity contribution is 0.490. The maximum absolute atomic E-state index is 1.56. The zero-order valence-corrected chi connectivity index (χ0v) is 10.3. The van der Waals surface area contributed by atoms with Gasteiger partial charge in [-0.25, -0.2) is 0 Å². The van der Waals surface area contributed by atoms with Crippen LogP contribution in [0.3, 0.4) is 0 Å². The Balaban J connectivity index is 0.000000980. The highest BCUT2D eigenvalue weighted by Gasteiger charge is 2.20. The summed E-state index contributed by atoms with van der Waals surface area (Å²) < 4.78 is 0. The van der Waals surface area contributed by atoms with Crippen LogP contribution in [-0.2, 0) is 0 Å². The summed E-state index contributed by atoms with van der Waals surface area (Å²) in [4.78, 5) is 0. The van der Waals surface area contributed by atoms with Crippen molar-refractivity contribution in [3.63, 3.8) is 0 Å². The first-order valence-corrected chi connectivity index (χ1v) is 7.37. The first-order chi connectivity index (χ1) is 6.45. The standard InChI is InChI=1S/C12H23P.B/c1-3-7-11(8-4-1)13-12-9-5-2-6-10-12;/h11-13H,1-10H2;. The molecule has 0 saturated heterocycles. The van der Waals surface area contributed by atoms with E-state index in [1.165, 1.54) is 47.1 Å². The summed E-state index contributed by atoms with van der Waals surface area (Å²) >= 11 is 0. The van der Waals surface area contributed by atoms with Gasteiger partial charge in [0.2, 0.25) is 0 Å². The molecule has 0 spiro atoms. The molecule has 0 heterocycles. The molecule has 2 heteroatoms. The molecule has 0 unspecified atom stereocenters. The molecule has 0 aromatic rings. The Kier molecular flexibility index (Phi) is 6.18. The minimum atomic E-state index is 0. The van der Waals surface area contributed by atoms with Gasteiger partial charge in [-0.2, -0.15) is 0 Å². The highest BCUT2D eigenvalue weighted by atomic mass is 31.1. The molecule has 2 aliphatic rings. The van der Waals surface area contributed by atoms with Crippen LogP contribution in [0.5, 0.6) is 0 Å². The molecule has 0 nitrogen and oxygen atoms in total. The second-order valence-electron chi connectivity index (χ2n) is 4.84. The molecule has 0 amide bonds. The smallest absolute Gasteiger partial charge is 0 e. The fourth-order valence-corrected chi connectivity index (χ4v) is 5.02. The van der Waals surface area contributed by atoms with E-state index in [1.807, 2.05) is 0 Å². The summed E-state index contributed by atoms with van der Waals surface area (Å²) in [5.74, 6) is 0. The monoisotopic (exact) mass is 209 g/mol. The molecule has 2 fully saturated rings. The lowest BCUT2D eigenvalue weighted by Gasteiger charge is -2.28. The van der Waals surface area contributed by atoms with Crippen molar-refractivity contribution in [2.75, 3.05) is 0 Å². The molecule has 2 aliphatic carbocycles. The van der Waals surface area contributed by atoms with Crippen molar-refractivity contribution in [3.05, 3.63) is 0 Å². The lowest BCUT2D eigenvalue weighted by Crippen LogP contribution is -2.14. The Hall–Kier alpha value is 0.495. The third-order valence-electron chi connectivity index (χ3n) is 3.68. The Labute approximate surface area is 93.0 Å². The van der Waals surface area contributed by atoms with E-state index >= 15 is 0 Å². The maximum Gasteiger partial charge on any atom is 0 e. The summed E-state index contributed by atoms with van der Waals surface area (Å²) in [6.45, 7) is 0. The van der Waals surface area contributed by atoms with Gasteiger partial charge in [-0.15, -0.1) is 8.58 Å². The van der Waals surface area contributed by atoms with E-state index in [0.717, 1.165) is 11.3 Å². The molecule has 0 atom stereocenters. The van der Waals surface area contributed by atoms with Gasteiger partial charge in [0, 0.05) is 8.41 Å². The fraction of sp³-hybridized carbons (Fsp3) is 1.00. The van der Waals surface area contributed by atoms with Crippen molar-refractivity contribution in [1.29, 1.82) is 0 Å². The second kappa shape index (κ2) is 6.88. The van der Waals surface area contributed by atoms with Gasteiger partial charge in [0.05, 0.1) is 0 Å². The van der Waals surface area contributed by atoms with Crippen molar-refractivity contribution in [2.45, 2.75) is 75.5 Å². The molecule has 0 bridgehead atoms. The maximum atomic E-state index is 1.56. The molecule has 0 aromatic carbocycles. The van der Waals surface area contributed by atoms with Crippen LogP contribution >= 0.6 is 8.58 Å². The number of hydrogen-bond donors (Lipinski definition) is 0. The van der Waals surface area contributed by atoms with E-state index in [9.17, 15) is 0 Å². The normalized spacial score (nSPS) is 25.7. The van der Waals surface area contributed by atoms with Crippen molar-refractivity contribution in [2.24, 2.45) is 0 Å². The first-order valence-electron chi connectivity index (χ1n) is 6.21. The minimum absolute atomic E-state index is 0. The van der Waals surface area contributed by atoms with E-state index < -0.39 is 0 Å². The van der Waals surface area contributed by atoms with Crippen LogP contribution < -0.4 is 0 Å². The van der Waals surface area contributed by atoms with Gasteiger partial charge < -0.3 is 0 Å². The third-order valence-corrected chi connectivity index (χ3v) is 5.78. The predicted molar refractivity (Wildman–Crippen MR) is 67.8 cm³/mol. The van der Waals surface area contributed by atoms with E-state index in [-0.39, 0.29) is 8.41 Å². The van der Waals surface area contributed by atoms with Gasteiger partial charge in [-0.3, -0.25) is 0 Å². The van der Waals surface area contributed by atoms with Gasteiger partial charge >= 0.3 is 0 Å². The van der Waals surface area contributed by atoms with Crippen molar-refractivity contribution in [3.8, 4) is 0 Å². The largest absolute Gasteiger partial charge is 0.116 e. The average molecular weight is 209 g/mol. The lowest BCUT2D eigenvalue weighted by atomic mass is 10.00. The molecule has 3 radical (unpaired) electrons. The highest BCUT2D eigenvalue weighted by molar-refractivity contribution is 7.39. The zero-order chi connectivity index (χ0) is 8.93. The molecule has 2 saturated carbocycles. The Morgan fingerprint density at radius 1 is 0.571 bits per heavy atom. The van der Waals surface area contributed by atoms with Gasteiger partial charge in [-0.05, 0) is 37.0 Å². The number of hydrogen-bond acceptors (Lipinski definition) is 0. The van der Waals surface area contributed by atoms with E-state index in [1.54, 1.807) is 25.7 Å². The van der Waals surface area contributed by atoms with Crippen LogP contribution in [-0.4, -0.2) is 19.7 Å². The summed E-state index contributed by atoms with van der Waals surface area (Å²) in [6.07, 6.45) is 15.4. The summed E-state index contributed by atoms with van der Waals surface area (Å²) in [7, 11) is 1.33. The summed E-state index contributed by atoms with van der Waals surface area (Å²) in [5.41, 5.74) is 2.30. The Bertz CT molecular complexity index is 121. The first kappa shape index (κ1) is 12.6. The third kappa shape index (κ3) is 3.93. The predicted octanol–water partition coefficient (Wildman–Crippen LogP) is 3.95. The molecule has 0 aliphatic heterocycles. The molecular weight excluding hydrogens is 186 g/mol. The molecule has 0 aromatic heterocycles. The molecule has 2 rings (SSSR count). The van der Waals surface area contributed by atoms with Crippen LogP contribution in [0.25, 0.3) is 0 Å². The number of rotatable bonds is 2. The molecule has 14 heavy (non-hydrogen) atoms. The Morgan fingerprint density at radius 3 is 1.29 bits per heavy atom. The van der Waals surface area contributed by atoms with E-state index in [0.29, 0.717) is 0 Å². The quantitative estimate of drug-likeness (QED) is 0.477. The fourth-order valence-electron chi connectivity index (χ4n) is 2.87. The van der Waals surface area contributed by atoms with E-state index in [2.05, 4.69) is 0 Å². The van der Waals surface area contributed by atoms with Gasteiger partial charge in [0.1, 0.15) is 0 Å². The van der Waals surface area contributed by atoms with Crippen LogP contribution in [0.1, 0.15) is 64.2 Å². The van der Waals surface area contributed by atoms with Crippen LogP contribution in [0.2, 0.25) is 0 Å². The van der Waals surface area contributed by atoms with Crippen LogP contribution in [0.15, 0.2) is 0 Å². The molecule has 0 N–H and O–H groups in total. The van der Waals surface area contributed by atoms with Crippen LogP contribution in [0, 0.1) is 0 Å². The average Bonchev–Trinajstić information content (AvgIpc) is 2.21. The van der Waals surface area contributed by atoms with Crippen molar-refractivity contribution >= 4 is 17.0 Å².